The fourth-order valence-electron chi connectivity index (χ4n) is 1.60. The van der Waals surface area contributed by atoms with Gasteiger partial charge in [0.2, 0.25) is 0 Å². The lowest BCUT2D eigenvalue weighted by Crippen LogP contribution is -2.32. The Morgan fingerprint density at radius 2 is 2.14 bits per heavy atom. The van der Waals surface area contributed by atoms with Gasteiger partial charge in [-0.1, -0.05) is 17.7 Å². The molecule has 76 valence electrons. The van der Waals surface area contributed by atoms with Crippen LogP contribution in [0.4, 0.5) is 5.69 Å². The van der Waals surface area contributed by atoms with Crippen LogP contribution in [-0.4, -0.2) is 27.8 Å². The third-order valence-corrected chi connectivity index (χ3v) is 4.39. The van der Waals surface area contributed by atoms with Crippen molar-refractivity contribution < 1.29 is 8.42 Å². The summed E-state index contributed by atoms with van der Waals surface area (Å²) in [5, 5.41) is 0.494. The lowest BCUT2D eigenvalue weighted by Gasteiger charge is -2.27. The second kappa shape index (κ2) is 3.14. The highest BCUT2D eigenvalue weighted by molar-refractivity contribution is 7.91. The average Bonchev–Trinajstić information content (AvgIpc) is 2.12. The van der Waals surface area contributed by atoms with E-state index in [-0.39, 0.29) is 5.75 Å². The molecule has 0 fully saturated rings. The highest BCUT2D eigenvalue weighted by atomic mass is 35.5. The molecule has 0 spiro atoms. The van der Waals surface area contributed by atoms with Crippen LogP contribution >= 0.6 is 11.6 Å². The molecule has 0 saturated heterocycles. The van der Waals surface area contributed by atoms with Crippen LogP contribution in [0.25, 0.3) is 0 Å². The van der Waals surface area contributed by atoms with Crippen molar-refractivity contribution in [3.63, 3.8) is 0 Å². The molecular formula is C9H10ClNO2S. The maximum absolute atomic E-state index is 11.7. The van der Waals surface area contributed by atoms with Crippen LogP contribution in [0.3, 0.4) is 0 Å². The van der Waals surface area contributed by atoms with Gasteiger partial charge in [-0.2, -0.15) is 0 Å². The first-order chi connectivity index (χ1) is 6.52. The van der Waals surface area contributed by atoms with Crippen molar-refractivity contribution in [2.24, 2.45) is 0 Å². The maximum Gasteiger partial charge on any atom is 0.182 e. The summed E-state index contributed by atoms with van der Waals surface area (Å²) >= 11 is 5.96. The number of halogens is 1. The molecule has 0 aliphatic carbocycles. The van der Waals surface area contributed by atoms with Crippen LogP contribution < -0.4 is 4.90 Å². The van der Waals surface area contributed by atoms with Crippen LogP contribution in [0.2, 0.25) is 5.02 Å². The monoisotopic (exact) mass is 231 g/mol. The summed E-state index contributed by atoms with van der Waals surface area (Å²) in [4.78, 5) is 2.22. The summed E-state index contributed by atoms with van der Waals surface area (Å²) in [5.74, 6) is 0.164. The van der Waals surface area contributed by atoms with E-state index in [1.807, 2.05) is 11.9 Å². The molecule has 0 saturated carbocycles. The molecule has 1 aromatic carbocycles. The topological polar surface area (TPSA) is 37.4 Å². The number of para-hydroxylation sites is 1. The van der Waals surface area contributed by atoms with E-state index in [2.05, 4.69) is 0 Å². The van der Waals surface area contributed by atoms with Crippen molar-refractivity contribution in [3.8, 4) is 0 Å². The standard InChI is InChI=1S/C9H10ClNO2S/c1-11-5-6-14(12,13)8-4-2-3-7(10)9(8)11/h2-4H,5-6H2,1H3. The first-order valence-electron chi connectivity index (χ1n) is 4.25. The van der Waals surface area contributed by atoms with Crippen molar-refractivity contribution in [1.29, 1.82) is 0 Å². The summed E-state index contributed by atoms with van der Waals surface area (Å²) in [6, 6.07) is 4.97. The van der Waals surface area contributed by atoms with Gasteiger partial charge in [-0.15, -0.1) is 0 Å². The SMILES string of the molecule is CN1CCS(=O)(=O)c2cccc(Cl)c21. The van der Waals surface area contributed by atoms with Gasteiger partial charge in [0, 0.05) is 13.6 Å². The summed E-state index contributed by atoms with van der Waals surface area (Å²) in [7, 11) is -1.28. The maximum atomic E-state index is 11.7. The van der Waals surface area contributed by atoms with E-state index in [1.54, 1.807) is 18.2 Å². The molecule has 1 aromatic rings. The van der Waals surface area contributed by atoms with E-state index in [4.69, 9.17) is 11.6 Å². The third-order valence-electron chi connectivity index (χ3n) is 2.36. The van der Waals surface area contributed by atoms with Crippen LogP contribution in [-0.2, 0) is 9.84 Å². The number of anilines is 1. The average molecular weight is 232 g/mol. The molecule has 5 heteroatoms. The van der Waals surface area contributed by atoms with Crippen molar-refractivity contribution >= 4 is 27.1 Å². The normalized spacial score (nSPS) is 19.1. The second-order valence-electron chi connectivity index (χ2n) is 3.33. The van der Waals surface area contributed by atoms with Crippen molar-refractivity contribution in [1.82, 2.24) is 0 Å². The summed E-state index contributed by atoms with van der Waals surface area (Å²) in [6.45, 7) is 0.499. The molecule has 0 aromatic heterocycles. The Balaban J connectivity index is 2.75. The first kappa shape index (κ1) is 9.80. The van der Waals surface area contributed by atoms with Crippen molar-refractivity contribution in [2.45, 2.75) is 4.90 Å². The number of benzene rings is 1. The number of sulfone groups is 1. The zero-order chi connectivity index (χ0) is 10.3. The van der Waals surface area contributed by atoms with Gasteiger partial charge in [0.15, 0.2) is 9.84 Å². The molecular weight excluding hydrogens is 222 g/mol. The minimum absolute atomic E-state index is 0.164. The summed E-state index contributed by atoms with van der Waals surface area (Å²) in [5.41, 5.74) is 0.625. The lowest BCUT2D eigenvalue weighted by molar-refractivity contribution is 0.591. The molecule has 0 unspecified atom stereocenters. The number of fused-ring (bicyclic) bond motifs is 1. The van der Waals surface area contributed by atoms with Gasteiger partial charge in [-0.05, 0) is 12.1 Å². The Morgan fingerprint density at radius 1 is 1.43 bits per heavy atom. The molecule has 1 aliphatic rings. The zero-order valence-corrected chi connectivity index (χ0v) is 9.27. The number of rotatable bonds is 0. The predicted molar refractivity (Wildman–Crippen MR) is 56.8 cm³/mol. The van der Waals surface area contributed by atoms with Gasteiger partial charge < -0.3 is 4.90 Å². The third kappa shape index (κ3) is 1.38. The number of hydrogen-bond acceptors (Lipinski definition) is 3. The molecule has 1 heterocycles. The smallest absolute Gasteiger partial charge is 0.182 e. The molecule has 14 heavy (non-hydrogen) atoms. The fraction of sp³-hybridized carbons (Fsp3) is 0.333. The van der Waals surface area contributed by atoms with Gasteiger partial charge in [0.25, 0.3) is 0 Å². The van der Waals surface area contributed by atoms with E-state index in [1.165, 1.54) is 0 Å². The van der Waals surface area contributed by atoms with Crippen molar-refractivity contribution in [2.75, 3.05) is 24.2 Å². The summed E-state index contributed by atoms with van der Waals surface area (Å²) in [6.07, 6.45) is 0. The zero-order valence-electron chi connectivity index (χ0n) is 7.70. The van der Waals surface area contributed by atoms with E-state index < -0.39 is 9.84 Å². The summed E-state index contributed by atoms with van der Waals surface area (Å²) < 4.78 is 23.4. The Labute approximate surface area is 88.2 Å². The quantitative estimate of drug-likeness (QED) is 0.680. The number of nitrogens with zero attached hydrogens (tertiary/aromatic N) is 1. The van der Waals surface area contributed by atoms with Gasteiger partial charge >= 0.3 is 0 Å². The van der Waals surface area contributed by atoms with E-state index in [9.17, 15) is 8.42 Å². The van der Waals surface area contributed by atoms with E-state index in [0.29, 0.717) is 22.2 Å². The molecule has 0 bridgehead atoms. The van der Waals surface area contributed by atoms with Gasteiger partial charge in [0.1, 0.15) is 0 Å². The van der Waals surface area contributed by atoms with Gasteiger partial charge in [0.05, 0.1) is 21.4 Å². The van der Waals surface area contributed by atoms with Crippen LogP contribution in [0.5, 0.6) is 0 Å². The molecule has 0 atom stereocenters. The van der Waals surface area contributed by atoms with Crippen LogP contribution in [0.1, 0.15) is 0 Å². The van der Waals surface area contributed by atoms with E-state index in [0.717, 1.165) is 0 Å². The van der Waals surface area contributed by atoms with Gasteiger partial charge in [-0.25, -0.2) is 8.42 Å². The molecule has 0 N–H and O–H groups in total. The highest BCUT2D eigenvalue weighted by Gasteiger charge is 2.27. The largest absolute Gasteiger partial charge is 0.371 e. The molecule has 2 rings (SSSR count). The molecule has 0 amide bonds. The Morgan fingerprint density at radius 3 is 2.79 bits per heavy atom. The lowest BCUT2D eigenvalue weighted by atomic mass is 10.3. The fourth-order valence-corrected chi connectivity index (χ4v) is 3.55. The highest BCUT2D eigenvalue weighted by Crippen LogP contribution is 2.35. The minimum Gasteiger partial charge on any atom is -0.371 e. The Kier molecular flexibility index (Phi) is 2.20. The predicted octanol–water partition coefficient (Wildman–Crippen LogP) is 1.56. The number of hydrogen-bond donors (Lipinski definition) is 0. The second-order valence-corrected chi connectivity index (χ2v) is 5.81. The Bertz CT molecular complexity index is 470. The first-order valence-corrected chi connectivity index (χ1v) is 6.28. The molecule has 1 aliphatic heterocycles. The van der Waals surface area contributed by atoms with Crippen molar-refractivity contribution in [3.05, 3.63) is 23.2 Å². The minimum atomic E-state index is -3.12. The Hall–Kier alpha value is -0.740. The van der Waals surface area contributed by atoms with Gasteiger partial charge in [-0.3, -0.25) is 0 Å². The van der Waals surface area contributed by atoms with Crippen LogP contribution in [0, 0.1) is 0 Å². The molecule has 0 radical (unpaired) electrons. The molecule has 3 nitrogen and oxygen atoms in total. The van der Waals surface area contributed by atoms with Crippen LogP contribution in [0.15, 0.2) is 23.1 Å². The van der Waals surface area contributed by atoms with E-state index >= 15 is 0 Å².